The second-order valence-electron chi connectivity index (χ2n) is 6.18. The molecule has 0 fully saturated rings. The van der Waals surface area contributed by atoms with Crippen LogP contribution >= 0.6 is 34.3 Å². The van der Waals surface area contributed by atoms with E-state index in [1.165, 1.54) is 11.3 Å². The summed E-state index contributed by atoms with van der Waals surface area (Å²) < 4.78 is 0. The quantitative estimate of drug-likeness (QED) is 0.421. The fraction of sp³-hybridized carbons (Fsp3) is 0.0952. The summed E-state index contributed by atoms with van der Waals surface area (Å²) in [5.41, 5.74) is 4.25. The monoisotopic (exact) mass is 425 g/mol. The van der Waals surface area contributed by atoms with Gasteiger partial charge in [-0.2, -0.15) is 0 Å². The Morgan fingerprint density at radius 2 is 1.93 bits per heavy atom. The van der Waals surface area contributed by atoms with Crippen LogP contribution in [-0.4, -0.2) is 15.9 Å². The maximum absolute atomic E-state index is 12.5. The number of carbonyl (C=O) groups excluding carboxylic acids is 1. The zero-order valence-electron chi connectivity index (χ0n) is 15.0. The number of nitrogens with one attached hydrogen (secondary N) is 1. The number of hydrogen-bond donors (Lipinski definition) is 1. The lowest BCUT2D eigenvalue weighted by Crippen LogP contribution is -2.14. The third-order valence-electron chi connectivity index (χ3n) is 4.06. The van der Waals surface area contributed by atoms with Crippen molar-refractivity contribution < 1.29 is 4.79 Å². The Bertz CT molecular complexity index is 1140. The number of benzene rings is 2. The molecule has 28 heavy (non-hydrogen) atoms. The largest absolute Gasteiger partial charge is 0.326 e. The van der Waals surface area contributed by atoms with Gasteiger partial charge in [-0.15, -0.1) is 22.7 Å². The van der Waals surface area contributed by atoms with Crippen LogP contribution in [0.2, 0.25) is 5.02 Å². The highest BCUT2D eigenvalue weighted by atomic mass is 35.5. The molecule has 1 amide bonds. The molecule has 2 aromatic heterocycles. The summed E-state index contributed by atoms with van der Waals surface area (Å²) in [4.78, 5) is 21.5. The van der Waals surface area contributed by atoms with Crippen molar-refractivity contribution in [1.82, 2.24) is 9.97 Å². The fourth-order valence-corrected chi connectivity index (χ4v) is 4.53. The van der Waals surface area contributed by atoms with E-state index in [0.717, 1.165) is 38.2 Å². The van der Waals surface area contributed by atoms with Crippen LogP contribution in [0.15, 0.2) is 59.3 Å². The number of nitrogens with zero attached hydrogens (tertiary/aromatic N) is 2. The summed E-state index contributed by atoms with van der Waals surface area (Å²) >= 11 is 9.32. The number of aromatic nitrogens is 2. The van der Waals surface area contributed by atoms with Crippen molar-refractivity contribution in [1.29, 1.82) is 0 Å². The topological polar surface area (TPSA) is 54.9 Å². The third kappa shape index (κ3) is 4.30. The molecule has 7 heteroatoms. The lowest BCUT2D eigenvalue weighted by atomic mass is 10.1. The Kier molecular flexibility index (Phi) is 5.52. The first-order chi connectivity index (χ1) is 13.6. The van der Waals surface area contributed by atoms with Crippen LogP contribution in [0.1, 0.15) is 10.7 Å². The Hall–Kier alpha value is -2.54. The Balaban J connectivity index is 1.45. The molecule has 0 aliphatic heterocycles. The minimum Gasteiger partial charge on any atom is -0.326 e. The van der Waals surface area contributed by atoms with Crippen molar-refractivity contribution >= 4 is 45.9 Å². The van der Waals surface area contributed by atoms with Crippen LogP contribution in [-0.2, 0) is 11.2 Å². The maximum atomic E-state index is 12.5. The molecular weight excluding hydrogens is 410 g/mol. The predicted octanol–water partition coefficient (Wildman–Crippen LogP) is 6.08. The first-order valence-corrected chi connectivity index (χ1v) is 10.7. The third-order valence-corrected chi connectivity index (χ3v) is 6.09. The molecule has 0 aliphatic carbocycles. The van der Waals surface area contributed by atoms with Gasteiger partial charge < -0.3 is 5.32 Å². The second kappa shape index (κ2) is 8.22. The lowest BCUT2D eigenvalue weighted by Gasteiger charge is -2.06. The van der Waals surface area contributed by atoms with Crippen molar-refractivity contribution in [2.24, 2.45) is 0 Å². The van der Waals surface area contributed by atoms with Gasteiger partial charge in [0, 0.05) is 27.6 Å². The molecule has 4 nitrogen and oxygen atoms in total. The van der Waals surface area contributed by atoms with Crippen LogP contribution in [0, 0.1) is 6.92 Å². The van der Waals surface area contributed by atoms with Crippen molar-refractivity contribution in [2.75, 3.05) is 5.32 Å². The number of thiazole rings is 2. The van der Waals surface area contributed by atoms with Gasteiger partial charge in [-0.05, 0) is 25.1 Å². The minimum absolute atomic E-state index is 0.109. The van der Waals surface area contributed by atoms with Crippen LogP contribution in [0.4, 0.5) is 5.69 Å². The molecular formula is C21H16ClN3OS2. The average Bonchev–Trinajstić information content (AvgIpc) is 3.31. The van der Waals surface area contributed by atoms with Crippen molar-refractivity contribution in [3.63, 3.8) is 0 Å². The number of halogens is 1. The van der Waals surface area contributed by atoms with Gasteiger partial charge in [0.05, 0.1) is 27.8 Å². The number of rotatable bonds is 5. The Morgan fingerprint density at radius 1 is 1.07 bits per heavy atom. The highest BCUT2D eigenvalue weighted by Gasteiger charge is 2.12. The SMILES string of the molecule is Cc1nc(-c2cccc(NC(=O)Cc3csc(-c4ccccc4Cl)n3)c2)cs1. The highest BCUT2D eigenvalue weighted by molar-refractivity contribution is 7.13. The molecule has 4 aromatic rings. The molecule has 0 spiro atoms. The lowest BCUT2D eigenvalue weighted by molar-refractivity contribution is -0.115. The van der Waals surface area contributed by atoms with E-state index in [4.69, 9.17) is 11.6 Å². The van der Waals surface area contributed by atoms with E-state index >= 15 is 0 Å². The van der Waals surface area contributed by atoms with E-state index in [1.807, 2.05) is 66.2 Å². The van der Waals surface area contributed by atoms with Gasteiger partial charge in [0.15, 0.2) is 0 Å². The molecule has 0 atom stereocenters. The van der Waals surface area contributed by atoms with Gasteiger partial charge in [-0.25, -0.2) is 9.97 Å². The first kappa shape index (κ1) is 18.8. The number of carbonyl (C=O) groups is 1. The molecule has 1 N–H and O–H groups in total. The fourth-order valence-electron chi connectivity index (χ4n) is 2.77. The summed E-state index contributed by atoms with van der Waals surface area (Å²) in [6.07, 6.45) is 0.209. The van der Waals surface area contributed by atoms with Gasteiger partial charge in [0.25, 0.3) is 0 Å². The van der Waals surface area contributed by atoms with Crippen LogP contribution < -0.4 is 5.32 Å². The number of aryl methyl sites for hydroxylation is 1. The molecule has 0 aliphatic rings. The average molecular weight is 426 g/mol. The van der Waals surface area contributed by atoms with Gasteiger partial charge in [0.2, 0.25) is 5.91 Å². The standard InChI is InChI=1S/C21H16ClN3OS2/c1-13-23-19(12-27-13)14-5-4-6-15(9-14)24-20(26)10-16-11-28-21(25-16)17-7-2-3-8-18(17)22/h2-9,11-12H,10H2,1H3,(H,24,26). The summed E-state index contributed by atoms with van der Waals surface area (Å²) in [6, 6.07) is 15.3. The summed E-state index contributed by atoms with van der Waals surface area (Å²) in [7, 11) is 0. The first-order valence-electron chi connectivity index (χ1n) is 8.60. The van der Waals surface area contributed by atoms with E-state index in [9.17, 15) is 4.79 Å². The molecule has 140 valence electrons. The minimum atomic E-state index is -0.109. The van der Waals surface area contributed by atoms with Gasteiger partial charge in [-0.3, -0.25) is 4.79 Å². The Morgan fingerprint density at radius 3 is 2.71 bits per heavy atom. The van der Waals surface area contributed by atoms with Crippen molar-refractivity contribution in [3.05, 3.63) is 75.0 Å². The predicted molar refractivity (Wildman–Crippen MR) is 117 cm³/mol. The molecule has 4 rings (SSSR count). The number of anilines is 1. The highest BCUT2D eigenvalue weighted by Crippen LogP contribution is 2.30. The van der Waals surface area contributed by atoms with E-state index in [-0.39, 0.29) is 12.3 Å². The zero-order chi connectivity index (χ0) is 19.5. The summed E-state index contributed by atoms with van der Waals surface area (Å²) in [6.45, 7) is 1.98. The normalized spacial score (nSPS) is 10.8. The maximum Gasteiger partial charge on any atom is 0.230 e. The van der Waals surface area contributed by atoms with Crippen molar-refractivity contribution in [3.8, 4) is 21.8 Å². The number of amides is 1. The Labute approximate surface area is 175 Å². The molecule has 2 heterocycles. The molecule has 0 unspecified atom stereocenters. The molecule has 0 saturated heterocycles. The van der Waals surface area contributed by atoms with Gasteiger partial charge in [0.1, 0.15) is 5.01 Å². The molecule has 2 aromatic carbocycles. The molecule has 0 bridgehead atoms. The zero-order valence-corrected chi connectivity index (χ0v) is 17.4. The summed E-state index contributed by atoms with van der Waals surface area (Å²) in [5, 5.41) is 9.34. The van der Waals surface area contributed by atoms with Gasteiger partial charge in [-0.1, -0.05) is 41.9 Å². The van der Waals surface area contributed by atoms with Crippen molar-refractivity contribution in [2.45, 2.75) is 13.3 Å². The van der Waals surface area contributed by atoms with E-state index in [1.54, 1.807) is 11.3 Å². The molecule has 0 radical (unpaired) electrons. The second-order valence-corrected chi connectivity index (χ2v) is 8.51. The van der Waals surface area contributed by atoms with Crippen LogP contribution in [0.5, 0.6) is 0 Å². The molecule has 0 saturated carbocycles. The van der Waals surface area contributed by atoms with Gasteiger partial charge >= 0.3 is 0 Å². The van der Waals surface area contributed by atoms with E-state index < -0.39 is 0 Å². The van der Waals surface area contributed by atoms with E-state index in [2.05, 4.69) is 15.3 Å². The van der Waals surface area contributed by atoms with E-state index in [0.29, 0.717) is 5.02 Å². The van der Waals surface area contributed by atoms with Crippen LogP contribution in [0.25, 0.3) is 21.8 Å². The van der Waals surface area contributed by atoms with Crippen LogP contribution in [0.3, 0.4) is 0 Å². The summed E-state index contributed by atoms with van der Waals surface area (Å²) in [5.74, 6) is -0.109. The smallest absolute Gasteiger partial charge is 0.230 e. The number of hydrogen-bond acceptors (Lipinski definition) is 5.